The Kier molecular flexibility index (Phi) is 10.7. The summed E-state index contributed by atoms with van der Waals surface area (Å²) in [6, 6.07) is 62.6. The van der Waals surface area contributed by atoms with E-state index in [4.69, 9.17) is 10.5 Å². The van der Waals surface area contributed by atoms with Gasteiger partial charge in [-0.3, -0.25) is 4.98 Å². The summed E-state index contributed by atoms with van der Waals surface area (Å²) in [5.74, 6) is 0.189. The van der Waals surface area contributed by atoms with E-state index in [-0.39, 0.29) is 25.7 Å². The molecule has 0 aliphatic carbocycles. The molecule has 0 saturated heterocycles. The maximum atomic E-state index is 8.48. The van der Waals surface area contributed by atoms with E-state index < -0.39 is 20.8 Å². The van der Waals surface area contributed by atoms with E-state index >= 15 is 0 Å². The minimum Gasteiger partial charge on any atom is -0.333 e. The summed E-state index contributed by atoms with van der Waals surface area (Å²) in [4.78, 5) is 9.79. The van der Waals surface area contributed by atoms with E-state index in [1.54, 1.807) is 12.1 Å². The fourth-order valence-corrected chi connectivity index (χ4v) is 10.7. The number of benzene rings is 7. The van der Waals surface area contributed by atoms with Gasteiger partial charge in [0.15, 0.2) is 0 Å². The maximum absolute atomic E-state index is 8.48. The second-order valence-electron chi connectivity index (χ2n) is 16.3. The molecule has 0 N–H and O–H groups in total. The molecule has 0 aliphatic rings. The molecule has 7 aromatic carbocycles. The smallest absolute Gasteiger partial charge is 0.0799 e. The van der Waals surface area contributed by atoms with Crippen LogP contribution in [0.15, 0.2) is 170 Å². The van der Waals surface area contributed by atoms with E-state index in [1.807, 2.05) is 43.5 Å². The number of hydrogen-bond acceptors (Lipinski definition) is 3. The minimum absolute atomic E-state index is 0. The van der Waals surface area contributed by atoms with Gasteiger partial charge in [0.05, 0.1) is 24.9 Å². The third-order valence-electron chi connectivity index (χ3n) is 10.9. The van der Waals surface area contributed by atoms with E-state index in [0.717, 1.165) is 50.5 Å². The first-order valence-electron chi connectivity index (χ1n) is 22.2. The van der Waals surface area contributed by atoms with Gasteiger partial charge in [-0.1, -0.05) is 160 Å². The molecule has 303 valence electrons. The first-order chi connectivity index (χ1) is 30.6. The summed E-state index contributed by atoms with van der Waals surface area (Å²) >= 11 is 1.81. The van der Waals surface area contributed by atoms with Gasteiger partial charge in [-0.05, 0) is 73.9 Å². The first-order valence-corrected chi connectivity index (χ1v) is 24.6. The average molecular weight is 1010 g/mol. The molecule has 3 nitrogen and oxygen atoms in total. The van der Waals surface area contributed by atoms with Gasteiger partial charge >= 0.3 is 0 Å². The van der Waals surface area contributed by atoms with Crippen molar-refractivity contribution in [3.05, 3.63) is 193 Å². The molecule has 0 saturated carbocycles. The summed E-state index contributed by atoms with van der Waals surface area (Å²) < 4.78 is 35.6. The SMILES string of the molecule is [2H]C([2H])([2H])c1c[c-]c(-c2cc(C([2H])(C)C)c([Si](C)(C)C)cn2)cc1.[Ir].[c-]1ccc2c(sc3ccccc32)c1-c1nc2ccccc2n1-c1ccc(-c2ccccc2)cc1-c1ccccc1. The molecule has 0 fully saturated rings. The summed E-state index contributed by atoms with van der Waals surface area (Å²) in [6.45, 7) is 8.38. The van der Waals surface area contributed by atoms with E-state index in [2.05, 4.69) is 175 Å². The molecule has 3 aromatic heterocycles. The summed E-state index contributed by atoms with van der Waals surface area (Å²) in [7, 11) is -1.61. The third-order valence-corrected chi connectivity index (χ3v) is 14.1. The van der Waals surface area contributed by atoms with E-state index in [0.29, 0.717) is 0 Å². The molecule has 6 heteroatoms. The molecule has 0 aliphatic heterocycles. The molecule has 3 heterocycles. The second kappa shape index (κ2) is 17.7. The maximum Gasteiger partial charge on any atom is 0.0799 e. The van der Waals surface area contributed by atoms with Gasteiger partial charge in [-0.25, -0.2) is 0 Å². The van der Waals surface area contributed by atoms with Gasteiger partial charge in [0.1, 0.15) is 0 Å². The zero-order chi connectivity index (χ0) is 44.8. The Morgan fingerprint density at radius 2 is 1.44 bits per heavy atom. The van der Waals surface area contributed by atoms with Crippen molar-refractivity contribution in [2.75, 3.05) is 0 Å². The average Bonchev–Trinajstić information content (AvgIpc) is 3.88. The quantitative estimate of drug-likeness (QED) is 0.118. The van der Waals surface area contributed by atoms with Gasteiger partial charge in [0.2, 0.25) is 0 Å². The van der Waals surface area contributed by atoms with Gasteiger partial charge in [-0.15, -0.1) is 53.6 Å². The first kappa shape index (κ1) is 37.0. The number of aromatic nitrogens is 3. The summed E-state index contributed by atoms with van der Waals surface area (Å²) in [5.41, 5.74) is 11.6. The predicted octanol–water partition coefficient (Wildman–Crippen LogP) is 14.7. The molecule has 0 amide bonds. The number of nitrogens with zero attached hydrogens (tertiary/aromatic N) is 3. The van der Waals surface area contributed by atoms with Crippen molar-refractivity contribution < 1.29 is 25.6 Å². The Labute approximate surface area is 383 Å². The molecule has 10 rings (SSSR count). The van der Waals surface area contributed by atoms with E-state index in [9.17, 15) is 0 Å². The Bertz CT molecular complexity index is 3280. The van der Waals surface area contributed by atoms with Crippen molar-refractivity contribution in [1.82, 2.24) is 14.5 Å². The van der Waals surface area contributed by atoms with Crippen LogP contribution >= 0.6 is 11.3 Å². The second-order valence-corrected chi connectivity index (χ2v) is 22.4. The monoisotopic (exact) mass is 1010 g/mol. The number of imidazole rings is 1. The number of hydrogen-bond donors (Lipinski definition) is 0. The fraction of sp³-hybridized carbons (Fsp3) is 0.127. The van der Waals surface area contributed by atoms with Crippen LogP contribution in [0.25, 0.3) is 81.8 Å². The van der Waals surface area contributed by atoms with Crippen molar-refractivity contribution in [2.45, 2.75) is 46.2 Å². The van der Waals surface area contributed by atoms with Crippen molar-refractivity contribution in [3.8, 4) is 50.6 Å². The van der Waals surface area contributed by atoms with Crippen LogP contribution in [0, 0.1) is 19.0 Å². The summed E-state index contributed by atoms with van der Waals surface area (Å²) in [5, 5.41) is 3.71. The minimum atomic E-state index is -2.13. The Morgan fingerprint density at radius 1 is 0.721 bits per heavy atom. The molecule has 0 spiro atoms. The van der Waals surface area contributed by atoms with Crippen LogP contribution in [0.2, 0.25) is 19.6 Å². The van der Waals surface area contributed by atoms with Gasteiger partial charge in [0, 0.05) is 47.7 Å². The number of rotatable bonds is 7. The molecule has 0 bridgehead atoms. The molecule has 0 atom stereocenters. The Morgan fingerprint density at radius 3 is 2.16 bits per heavy atom. The van der Waals surface area contributed by atoms with Crippen molar-refractivity contribution >= 4 is 55.8 Å². The third kappa shape index (κ3) is 8.47. The van der Waals surface area contributed by atoms with Gasteiger partial charge < -0.3 is 9.55 Å². The van der Waals surface area contributed by atoms with Crippen LogP contribution in [0.3, 0.4) is 0 Å². The zero-order valence-electron chi connectivity index (χ0n) is 38.7. The van der Waals surface area contributed by atoms with Crippen LogP contribution in [0.5, 0.6) is 0 Å². The standard InChI is InChI=1S/C37H23N2S.C18H24NSi.Ir/c1-3-12-25(13-4-1)27-22-23-33(31(24-27)26-14-5-2-6-15-26)39-34-20-9-8-19-32(34)38-37(39)30-18-11-17-29-28-16-7-10-21-35(28)40-36(29)30;1-13(2)16-11-17(15-9-7-14(3)8-10-15)19-12-18(16)20(4,5)6;/h1-17,19-24H;7-9,11-13H,1-6H3;/q2*-1;/i;3D3,13D;. The number of para-hydroxylation sites is 2. The predicted molar refractivity (Wildman–Crippen MR) is 259 cm³/mol. The number of fused-ring (bicyclic) bond motifs is 4. The Hall–Kier alpha value is -5.75. The zero-order valence-corrected chi connectivity index (χ0v) is 39.0. The summed E-state index contributed by atoms with van der Waals surface area (Å²) in [6.07, 6.45) is 1.89. The normalized spacial score (nSPS) is 12.8. The molecule has 0 unspecified atom stereocenters. The fourth-order valence-electron chi connectivity index (χ4n) is 7.88. The topological polar surface area (TPSA) is 30.7 Å². The van der Waals surface area contributed by atoms with E-state index in [1.165, 1.54) is 48.1 Å². The van der Waals surface area contributed by atoms with Crippen molar-refractivity contribution in [1.29, 1.82) is 0 Å². The van der Waals surface area contributed by atoms with Crippen LogP contribution in [-0.4, -0.2) is 22.6 Å². The molecular weight excluding hydrogens is 955 g/mol. The molecule has 61 heavy (non-hydrogen) atoms. The van der Waals surface area contributed by atoms with Gasteiger partial charge in [-0.2, -0.15) is 11.3 Å². The molecular formula is C55H47IrN3SSi-2. The van der Waals surface area contributed by atoms with Crippen molar-refractivity contribution in [3.63, 3.8) is 0 Å². The number of thiophene rings is 1. The Balaban J connectivity index is 0.000000199. The van der Waals surface area contributed by atoms with Crippen molar-refractivity contribution in [2.24, 2.45) is 0 Å². The van der Waals surface area contributed by atoms with Crippen LogP contribution in [0.4, 0.5) is 0 Å². The molecule has 1 radical (unpaired) electrons. The van der Waals surface area contributed by atoms with Crippen LogP contribution in [0.1, 0.15) is 36.4 Å². The van der Waals surface area contributed by atoms with Crippen LogP contribution in [-0.2, 0) is 20.1 Å². The van der Waals surface area contributed by atoms with Gasteiger partial charge in [0.25, 0.3) is 0 Å². The number of pyridine rings is 1. The van der Waals surface area contributed by atoms with Crippen LogP contribution < -0.4 is 5.19 Å². The number of aryl methyl sites for hydroxylation is 1. The largest absolute Gasteiger partial charge is 0.333 e. The molecule has 10 aromatic rings.